The van der Waals surface area contributed by atoms with Crippen molar-refractivity contribution in [1.29, 1.82) is 0 Å². The van der Waals surface area contributed by atoms with E-state index in [0.717, 1.165) is 5.56 Å². The first-order valence-corrected chi connectivity index (χ1v) is 9.96. The number of nitro groups is 1. The molecular weight excluding hydrogens is 408 g/mol. The summed E-state index contributed by atoms with van der Waals surface area (Å²) in [4.78, 5) is 38.7. The van der Waals surface area contributed by atoms with Gasteiger partial charge in [-0.2, -0.15) is 0 Å². The van der Waals surface area contributed by atoms with Gasteiger partial charge in [0.1, 0.15) is 11.4 Å². The average molecular weight is 427 g/mol. The zero-order valence-electron chi connectivity index (χ0n) is 16.3. The Morgan fingerprint density at radius 3 is 2.67 bits per heavy atom. The van der Waals surface area contributed by atoms with Gasteiger partial charge in [0.25, 0.3) is 5.69 Å². The highest BCUT2D eigenvalue weighted by molar-refractivity contribution is 6.31. The van der Waals surface area contributed by atoms with Gasteiger partial charge in [-0.1, -0.05) is 29.8 Å². The molecule has 154 valence electrons. The van der Waals surface area contributed by atoms with E-state index in [1.54, 1.807) is 13.2 Å². The highest BCUT2D eigenvalue weighted by atomic mass is 35.5. The molecule has 2 aromatic rings. The van der Waals surface area contributed by atoms with Gasteiger partial charge in [-0.15, -0.1) is 0 Å². The Morgan fingerprint density at radius 2 is 1.93 bits per heavy atom. The molecule has 1 amide bonds. The van der Waals surface area contributed by atoms with Crippen LogP contribution in [0.3, 0.4) is 0 Å². The summed E-state index contributed by atoms with van der Waals surface area (Å²) in [5, 5.41) is 11.9. The third kappa shape index (κ3) is 3.35. The number of ketones is 1. The highest BCUT2D eigenvalue weighted by Gasteiger charge is 2.42. The van der Waals surface area contributed by atoms with Crippen LogP contribution in [0.25, 0.3) is 0 Å². The summed E-state index contributed by atoms with van der Waals surface area (Å²) in [6.45, 7) is 0. The third-order valence-corrected chi connectivity index (χ3v) is 5.80. The lowest BCUT2D eigenvalue weighted by Gasteiger charge is -2.38. The topological polar surface area (TPSA) is 89.8 Å². The number of hydrogen-bond acceptors (Lipinski definition) is 5. The molecule has 2 aliphatic rings. The van der Waals surface area contributed by atoms with Crippen LogP contribution in [0.5, 0.6) is 5.75 Å². The van der Waals surface area contributed by atoms with Crippen LogP contribution < -0.4 is 9.64 Å². The molecule has 1 aliphatic heterocycles. The zero-order chi connectivity index (χ0) is 21.4. The molecule has 1 atom stereocenters. The monoisotopic (exact) mass is 426 g/mol. The number of nitrogens with zero attached hydrogens (tertiary/aromatic N) is 2. The standard InChI is InChI=1S/C22H19ClN2O5/c1-30-20-8-3-2-5-14(20)15-12-21(27)24(17-6-4-7-19(26)22(15)17)18-11-13(23)9-10-16(18)25(28)29/h2-3,5,8-11,15H,4,6-7,12H2,1H3. The first-order valence-electron chi connectivity index (χ1n) is 9.58. The average Bonchev–Trinajstić information content (AvgIpc) is 2.73. The summed E-state index contributed by atoms with van der Waals surface area (Å²) in [5.41, 5.74) is 1.67. The van der Waals surface area contributed by atoms with Gasteiger partial charge in [0.2, 0.25) is 5.91 Å². The maximum absolute atomic E-state index is 13.3. The van der Waals surface area contributed by atoms with Crippen LogP contribution in [0.15, 0.2) is 53.7 Å². The van der Waals surface area contributed by atoms with E-state index < -0.39 is 10.8 Å². The van der Waals surface area contributed by atoms with Crippen molar-refractivity contribution in [3.63, 3.8) is 0 Å². The Kier molecular flexibility index (Phi) is 5.30. The molecule has 8 heteroatoms. The largest absolute Gasteiger partial charge is 0.496 e. The lowest BCUT2D eigenvalue weighted by atomic mass is 9.77. The third-order valence-electron chi connectivity index (χ3n) is 5.56. The fraction of sp³-hybridized carbons (Fsp3) is 0.273. The second-order valence-electron chi connectivity index (χ2n) is 7.26. The van der Waals surface area contributed by atoms with Gasteiger partial charge in [-0.3, -0.25) is 24.6 Å². The number of methoxy groups -OCH3 is 1. The van der Waals surface area contributed by atoms with Crippen molar-refractivity contribution in [2.75, 3.05) is 12.0 Å². The van der Waals surface area contributed by atoms with Crippen molar-refractivity contribution in [3.05, 3.63) is 74.4 Å². The molecule has 0 bridgehead atoms. The quantitative estimate of drug-likeness (QED) is 0.518. The van der Waals surface area contributed by atoms with Crippen LogP contribution >= 0.6 is 11.6 Å². The van der Waals surface area contributed by atoms with Crippen LogP contribution in [-0.2, 0) is 9.59 Å². The number of hydrogen-bond donors (Lipinski definition) is 0. The predicted octanol–water partition coefficient (Wildman–Crippen LogP) is 4.78. The van der Waals surface area contributed by atoms with Crippen LogP contribution in [0, 0.1) is 10.1 Å². The van der Waals surface area contributed by atoms with Crippen molar-refractivity contribution >= 4 is 34.7 Å². The van der Waals surface area contributed by atoms with Crippen LogP contribution in [-0.4, -0.2) is 23.7 Å². The molecular formula is C22H19ClN2O5. The molecule has 0 saturated heterocycles. The van der Waals surface area contributed by atoms with Gasteiger partial charge in [0, 0.05) is 46.7 Å². The molecule has 4 rings (SSSR count). The minimum atomic E-state index is -0.546. The van der Waals surface area contributed by atoms with E-state index in [4.69, 9.17) is 16.3 Å². The number of Topliss-reactive ketones (excluding diaryl/α,β-unsaturated/α-hetero) is 1. The van der Waals surface area contributed by atoms with Gasteiger partial charge in [-0.05, 0) is 31.0 Å². The summed E-state index contributed by atoms with van der Waals surface area (Å²) in [5.74, 6) is -0.215. The molecule has 2 aromatic carbocycles. The molecule has 0 saturated carbocycles. The summed E-state index contributed by atoms with van der Waals surface area (Å²) < 4.78 is 5.46. The molecule has 0 fully saturated rings. The highest BCUT2D eigenvalue weighted by Crippen LogP contribution is 2.47. The predicted molar refractivity (Wildman–Crippen MR) is 112 cm³/mol. The Balaban J connectivity index is 1.93. The van der Waals surface area contributed by atoms with Gasteiger partial charge >= 0.3 is 0 Å². The number of benzene rings is 2. The van der Waals surface area contributed by atoms with Crippen molar-refractivity contribution in [2.45, 2.75) is 31.6 Å². The van der Waals surface area contributed by atoms with E-state index in [-0.39, 0.29) is 34.5 Å². The number of halogens is 1. The van der Waals surface area contributed by atoms with Crippen LogP contribution in [0.4, 0.5) is 11.4 Å². The second-order valence-corrected chi connectivity index (χ2v) is 7.69. The first kappa shape index (κ1) is 20.1. The molecule has 0 aromatic heterocycles. The molecule has 0 N–H and O–H groups in total. The minimum absolute atomic E-state index is 0.00855. The Morgan fingerprint density at radius 1 is 1.17 bits per heavy atom. The second kappa shape index (κ2) is 7.91. The first-order chi connectivity index (χ1) is 14.4. The van der Waals surface area contributed by atoms with E-state index in [0.29, 0.717) is 36.3 Å². The van der Waals surface area contributed by atoms with E-state index in [1.807, 2.05) is 18.2 Å². The lowest BCUT2D eigenvalue weighted by molar-refractivity contribution is -0.384. The van der Waals surface area contributed by atoms with Crippen LogP contribution in [0.1, 0.15) is 37.2 Å². The normalized spacial score (nSPS) is 19.0. The van der Waals surface area contributed by atoms with Gasteiger partial charge < -0.3 is 4.74 Å². The smallest absolute Gasteiger partial charge is 0.293 e. The summed E-state index contributed by atoms with van der Waals surface area (Å²) in [6.07, 6.45) is 1.44. The molecule has 0 spiro atoms. The Hall–Kier alpha value is -3.19. The summed E-state index contributed by atoms with van der Waals surface area (Å²) in [6, 6.07) is 11.4. The van der Waals surface area contributed by atoms with Gasteiger partial charge in [0.15, 0.2) is 5.78 Å². The van der Waals surface area contributed by atoms with Gasteiger partial charge in [-0.25, -0.2) is 0 Å². The number of rotatable bonds is 4. The lowest BCUT2D eigenvalue weighted by Crippen LogP contribution is -2.40. The van der Waals surface area contributed by atoms with E-state index in [2.05, 4.69) is 0 Å². The number of amides is 1. The molecule has 30 heavy (non-hydrogen) atoms. The fourth-order valence-corrected chi connectivity index (χ4v) is 4.49. The number of anilines is 1. The number of para-hydroxylation sites is 1. The Labute approximate surface area is 178 Å². The Bertz CT molecular complexity index is 1090. The molecule has 7 nitrogen and oxygen atoms in total. The number of carbonyl (C=O) groups is 2. The molecule has 1 aliphatic carbocycles. The number of nitro benzene ring substituents is 1. The minimum Gasteiger partial charge on any atom is -0.496 e. The van der Waals surface area contributed by atoms with Gasteiger partial charge in [0.05, 0.1) is 12.0 Å². The van der Waals surface area contributed by atoms with Crippen molar-refractivity contribution < 1.29 is 19.2 Å². The van der Waals surface area contributed by atoms with Crippen molar-refractivity contribution in [1.82, 2.24) is 0 Å². The molecule has 1 heterocycles. The molecule has 0 radical (unpaired) electrons. The summed E-state index contributed by atoms with van der Waals surface area (Å²) >= 11 is 6.10. The summed E-state index contributed by atoms with van der Waals surface area (Å²) in [7, 11) is 1.54. The fourth-order valence-electron chi connectivity index (χ4n) is 4.32. The number of allylic oxidation sites excluding steroid dienone is 2. The maximum Gasteiger partial charge on any atom is 0.293 e. The SMILES string of the molecule is COc1ccccc1C1CC(=O)N(c2cc(Cl)ccc2[N+](=O)[O-])C2=C1C(=O)CCC2. The van der Waals surface area contributed by atoms with E-state index >= 15 is 0 Å². The molecule has 1 unspecified atom stereocenters. The van der Waals surface area contributed by atoms with E-state index in [1.165, 1.54) is 23.1 Å². The number of ether oxygens (including phenoxy) is 1. The maximum atomic E-state index is 13.3. The zero-order valence-corrected chi connectivity index (χ0v) is 17.0. The van der Waals surface area contributed by atoms with Crippen molar-refractivity contribution in [3.8, 4) is 5.75 Å². The number of carbonyl (C=O) groups excluding carboxylic acids is 2. The van der Waals surface area contributed by atoms with Crippen LogP contribution in [0.2, 0.25) is 5.02 Å². The van der Waals surface area contributed by atoms with Crippen molar-refractivity contribution in [2.24, 2.45) is 0 Å². The van der Waals surface area contributed by atoms with E-state index in [9.17, 15) is 19.7 Å².